The molecule has 0 aromatic rings. The second kappa shape index (κ2) is 3.30. The van der Waals surface area contributed by atoms with Gasteiger partial charge < -0.3 is 0 Å². The van der Waals surface area contributed by atoms with Gasteiger partial charge in [-0.05, 0) is 6.42 Å². The van der Waals surface area contributed by atoms with Crippen LogP contribution < -0.4 is 5.32 Å². The minimum absolute atomic E-state index is 0.146. The van der Waals surface area contributed by atoms with Crippen molar-refractivity contribution in [2.75, 3.05) is 0 Å². The van der Waals surface area contributed by atoms with Gasteiger partial charge in [0.15, 0.2) is 0 Å². The van der Waals surface area contributed by atoms with Crippen molar-refractivity contribution < 1.29 is 19.2 Å². The lowest BCUT2D eigenvalue weighted by atomic mass is 10.0. The van der Waals surface area contributed by atoms with Gasteiger partial charge >= 0.3 is 0 Å². The van der Waals surface area contributed by atoms with Crippen LogP contribution in [0.1, 0.15) is 12.8 Å². The fourth-order valence-electron chi connectivity index (χ4n) is 1.65. The van der Waals surface area contributed by atoms with Crippen LogP contribution in [0.15, 0.2) is 12.2 Å². The molecule has 0 aromatic carbocycles. The molecule has 1 fully saturated rings. The molecule has 15 heavy (non-hydrogen) atoms. The number of hydrogen-bond acceptors (Lipinski definition) is 4. The first-order valence-electron chi connectivity index (χ1n) is 4.48. The van der Waals surface area contributed by atoms with Gasteiger partial charge in [-0.25, -0.2) is 0 Å². The lowest BCUT2D eigenvalue weighted by Crippen LogP contribution is -2.54. The maximum absolute atomic E-state index is 11.4. The zero-order chi connectivity index (χ0) is 11.0. The van der Waals surface area contributed by atoms with E-state index in [1.807, 2.05) is 0 Å². The lowest BCUT2D eigenvalue weighted by Gasteiger charge is -2.27. The number of amides is 4. The van der Waals surface area contributed by atoms with Crippen molar-refractivity contribution in [3.05, 3.63) is 12.2 Å². The molecule has 2 heterocycles. The summed E-state index contributed by atoms with van der Waals surface area (Å²) in [6, 6.07) is -0.849. The Morgan fingerprint density at radius 2 is 1.73 bits per heavy atom. The molecular formula is C9H8N2O4. The third-order valence-corrected chi connectivity index (χ3v) is 2.37. The van der Waals surface area contributed by atoms with E-state index in [4.69, 9.17) is 0 Å². The molecule has 0 aliphatic carbocycles. The third kappa shape index (κ3) is 1.54. The third-order valence-electron chi connectivity index (χ3n) is 2.37. The van der Waals surface area contributed by atoms with Crippen LogP contribution in [0, 0.1) is 0 Å². The van der Waals surface area contributed by atoms with Crippen molar-refractivity contribution in [3.63, 3.8) is 0 Å². The second-order valence-electron chi connectivity index (χ2n) is 3.35. The maximum atomic E-state index is 11.4. The average molecular weight is 208 g/mol. The quantitative estimate of drug-likeness (QED) is 0.544. The van der Waals surface area contributed by atoms with Gasteiger partial charge in [-0.15, -0.1) is 0 Å². The minimum Gasteiger partial charge on any atom is -0.295 e. The van der Waals surface area contributed by atoms with Crippen LogP contribution in [0.4, 0.5) is 0 Å². The molecule has 2 rings (SSSR count). The molecular weight excluding hydrogens is 200 g/mol. The van der Waals surface area contributed by atoms with E-state index in [1.165, 1.54) is 0 Å². The Morgan fingerprint density at radius 1 is 1.13 bits per heavy atom. The van der Waals surface area contributed by atoms with E-state index in [0.717, 1.165) is 17.1 Å². The van der Waals surface area contributed by atoms with E-state index >= 15 is 0 Å². The molecule has 0 aromatic heterocycles. The van der Waals surface area contributed by atoms with E-state index in [0.29, 0.717) is 0 Å². The highest BCUT2D eigenvalue weighted by molar-refractivity contribution is 6.16. The van der Waals surface area contributed by atoms with Crippen LogP contribution in [0.5, 0.6) is 0 Å². The molecule has 0 spiro atoms. The fraction of sp³-hybridized carbons (Fsp3) is 0.333. The van der Waals surface area contributed by atoms with Crippen LogP contribution in [-0.2, 0) is 19.2 Å². The van der Waals surface area contributed by atoms with Gasteiger partial charge in [0, 0.05) is 18.6 Å². The molecule has 1 atom stereocenters. The molecule has 6 heteroatoms. The summed E-state index contributed by atoms with van der Waals surface area (Å²) >= 11 is 0. The van der Waals surface area contributed by atoms with E-state index < -0.39 is 23.8 Å². The second-order valence-corrected chi connectivity index (χ2v) is 3.35. The van der Waals surface area contributed by atoms with Gasteiger partial charge in [-0.3, -0.25) is 29.4 Å². The van der Waals surface area contributed by atoms with Gasteiger partial charge in [0.05, 0.1) is 0 Å². The molecule has 1 N–H and O–H groups in total. The van der Waals surface area contributed by atoms with Crippen molar-refractivity contribution in [2.45, 2.75) is 18.9 Å². The smallest absolute Gasteiger partial charge is 0.254 e. The van der Waals surface area contributed by atoms with Gasteiger partial charge in [-0.1, -0.05) is 0 Å². The van der Waals surface area contributed by atoms with Gasteiger partial charge in [0.25, 0.3) is 11.8 Å². The normalized spacial score (nSPS) is 26.1. The summed E-state index contributed by atoms with van der Waals surface area (Å²) in [6.45, 7) is 0. The van der Waals surface area contributed by atoms with Gasteiger partial charge in [0.1, 0.15) is 6.04 Å². The standard InChI is InChI=1S/C9H8N2O4/c12-6-2-1-5(9(15)10-6)11-7(13)3-4-8(11)14/h3-5H,1-2H2,(H,10,12,15). The summed E-state index contributed by atoms with van der Waals surface area (Å²) < 4.78 is 0. The van der Waals surface area contributed by atoms with E-state index in [-0.39, 0.29) is 18.7 Å². The summed E-state index contributed by atoms with van der Waals surface area (Å²) in [5.41, 5.74) is 0. The number of hydrogen-bond donors (Lipinski definition) is 1. The highest BCUT2D eigenvalue weighted by atomic mass is 16.2. The molecule has 6 nitrogen and oxygen atoms in total. The van der Waals surface area contributed by atoms with Gasteiger partial charge in [-0.2, -0.15) is 0 Å². The summed E-state index contributed by atoms with van der Waals surface area (Å²) in [7, 11) is 0. The Bertz CT molecular complexity index is 381. The van der Waals surface area contributed by atoms with E-state index in [9.17, 15) is 19.2 Å². The number of carbonyl (C=O) groups is 4. The highest BCUT2D eigenvalue weighted by Gasteiger charge is 2.38. The van der Waals surface area contributed by atoms with Crippen molar-refractivity contribution in [3.8, 4) is 0 Å². The number of nitrogens with one attached hydrogen (secondary N) is 1. The van der Waals surface area contributed by atoms with Crippen LogP contribution in [0.2, 0.25) is 0 Å². The number of carbonyl (C=O) groups excluding carboxylic acids is 4. The number of nitrogens with zero attached hydrogens (tertiary/aromatic N) is 1. The Labute approximate surface area is 84.9 Å². The van der Waals surface area contributed by atoms with Crippen molar-refractivity contribution >= 4 is 23.6 Å². The number of imide groups is 2. The molecule has 0 bridgehead atoms. The zero-order valence-corrected chi connectivity index (χ0v) is 7.73. The SMILES string of the molecule is O=C1CCC(N2C(=O)C=CC2=O)C(=O)N1. The van der Waals surface area contributed by atoms with Crippen molar-refractivity contribution in [1.29, 1.82) is 0 Å². The van der Waals surface area contributed by atoms with Crippen LogP contribution in [0.25, 0.3) is 0 Å². The predicted octanol–water partition coefficient (Wildman–Crippen LogP) is -1.28. The zero-order valence-electron chi connectivity index (χ0n) is 7.73. The first kappa shape index (κ1) is 9.57. The summed E-state index contributed by atoms with van der Waals surface area (Å²) in [6.07, 6.45) is 2.58. The average Bonchev–Trinajstić information content (AvgIpc) is 2.48. The maximum Gasteiger partial charge on any atom is 0.254 e. The molecule has 4 amide bonds. The first-order valence-corrected chi connectivity index (χ1v) is 4.48. The molecule has 0 saturated carbocycles. The molecule has 78 valence electrons. The molecule has 2 aliphatic heterocycles. The molecule has 1 saturated heterocycles. The van der Waals surface area contributed by atoms with Crippen LogP contribution in [0.3, 0.4) is 0 Å². The Morgan fingerprint density at radius 3 is 2.27 bits per heavy atom. The van der Waals surface area contributed by atoms with Gasteiger partial charge in [0.2, 0.25) is 11.8 Å². The fourth-order valence-corrected chi connectivity index (χ4v) is 1.65. The van der Waals surface area contributed by atoms with Crippen LogP contribution in [-0.4, -0.2) is 34.6 Å². The topological polar surface area (TPSA) is 83.6 Å². The minimum atomic E-state index is -0.849. The summed E-state index contributed by atoms with van der Waals surface area (Å²) in [4.78, 5) is 45.6. The molecule has 1 unspecified atom stereocenters. The summed E-state index contributed by atoms with van der Waals surface area (Å²) in [5.74, 6) is -1.97. The number of piperidine rings is 1. The Hall–Kier alpha value is -1.98. The molecule has 2 aliphatic rings. The lowest BCUT2D eigenvalue weighted by molar-refractivity contribution is -0.149. The largest absolute Gasteiger partial charge is 0.295 e. The monoisotopic (exact) mass is 208 g/mol. The summed E-state index contributed by atoms with van der Waals surface area (Å²) in [5, 5.41) is 2.10. The highest BCUT2D eigenvalue weighted by Crippen LogP contribution is 2.16. The number of rotatable bonds is 1. The van der Waals surface area contributed by atoms with Crippen molar-refractivity contribution in [1.82, 2.24) is 10.2 Å². The van der Waals surface area contributed by atoms with E-state index in [2.05, 4.69) is 5.32 Å². The van der Waals surface area contributed by atoms with E-state index in [1.54, 1.807) is 0 Å². The predicted molar refractivity (Wildman–Crippen MR) is 47.2 cm³/mol. The Balaban J connectivity index is 2.18. The Kier molecular flexibility index (Phi) is 2.11. The van der Waals surface area contributed by atoms with Crippen LogP contribution >= 0.6 is 0 Å². The molecule has 0 radical (unpaired) electrons. The first-order chi connectivity index (χ1) is 7.09. The van der Waals surface area contributed by atoms with Crippen molar-refractivity contribution in [2.24, 2.45) is 0 Å².